The van der Waals surface area contributed by atoms with Crippen LogP contribution in [-0.4, -0.2) is 28.1 Å². The third-order valence-corrected chi connectivity index (χ3v) is 5.41. The first-order valence-electron chi connectivity index (χ1n) is 9.48. The number of rotatable bonds is 5. The molecule has 1 saturated heterocycles. The topological polar surface area (TPSA) is 66.0 Å². The van der Waals surface area contributed by atoms with Gasteiger partial charge in [-0.25, -0.2) is 0 Å². The van der Waals surface area contributed by atoms with Crippen molar-refractivity contribution in [2.45, 2.75) is 31.7 Å². The van der Waals surface area contributed by atoms with E-state index < -0.39 is 0 Å². The van der Waals surface area contributed by atoms with Gasteiger partial charge in [-0.05, 0) is 61.3 Å². The Morgan fingerprint density at radius 2 is 1.89 bits per heavy atom. The predicted molar refractivity (Wildman–Crippen MR) is 107 cm³/mol. The summed E-state index contributed by atoms with van der Waals surface area (Å²) in [5, 5.41) is 13.9. The minimum Gasteiger partial charge on any atom is -0.339 e. The second kappa shape index (κ2) is 8.55. The van der Waals surface area contributed by atoms with Gasteiger partial charge in [0.2, 0.25) is 5.89 Å². The number of aromatic nitrogens is 2. The number of halogens is 1. The summed E-state index contributed by atoms with van der Waals surface area (Å²) in [6, 6.07) is 17.7. The minimum atomic E-state index is 0.313. The maximum atomic E-state index is 9.04. The number of nitrogens with zero attached hydrogens (tertiary/aromatic N) is 4. The molecule has 0 N–H and O–H groups in total. The van der Waals surface area contributed by atoms with Gasteiger partial charge in [0.15, 0.2) is 5.82 Å². The number of nitriles is 1. The van der Waals surface area contributed by atoms with Crippen molar-refractivity contribution in [2.24, 2.45) is 0 Å². The Labute approximate surface area is 169 Å². The van der Waals surface area contributed by atoms with Crippen LogP contribution >= 0.6 is 11.6 Å². The van der Waals surface area contributed by atoms with Crippen LogP contribution in [0.25, 0.3) is 0 Å². The summed E-state index contributed by atoms with van der Waals surface area (Å²) >= 11 is 5.93. The summed E-state index contributed by atoms with van der Waals surface area (Å²) in [7, 11) is 0. The van der Waals surface area contributed by atoms with Gasteiger partial charge < -0.3 is 4.52 Å². The molecule has 4 rings (SSSR count). The van der Waals surface area contributed by atoms with Crippen molar-refractivity contribution in [1.29, 1.82) is 5.26 Å². The first-order valence-corrected chi connectivity index (χ1v) is 9.86. The van der Waals surface area contributed by atoms with E-state index in [1.165, 1.54) is 5.56 Å². The number of likely N-dealkylation sites (tertiary alicyclic amines) is 1. The van der Waals surface area contributed by atoms with Gasteiger partial charge in [0.05, 0.1) is 11.6 Å². The zero-order chi connectivity index (χ0) is 19.3. The lowest BCUT2D eigenvalue weighted by atomic mass is 9.96. The van der Waals surface area contributed by atoms with Gasteiger partial charge in [0.25, 0.3) is 0 Å². The predicted octanol–water partition coefficient (Wildman–Crippen LogP) is 4.57. The van der Waals surface area contributed by atoms with Gasteiger partial charge in [-0.3, -0.25) is 4.90 Å². The van der Waals surface area contributed by atoms with E-state index >= 15 is 0 Å². The Morgan fingerprint density at radius 3 is 2.64 bits per heavy atom. The smallest absolute Gasteiger partial charge is 0.229 e. The van der Waals surface area contributed by atoms with Gasteiger partial charge in [0, 0.05) is 23.9 Å². The largest absolute Gasteiger partial charge is 0.339 e. The van der Waals surface area contributed by atoms with E-state index in [-0.39, 0.29) is 0 Å². The first-order chi connectivity index (χ1) is 13.7. The lowest BCUT2D eigenvalue weighted by Gasteiger charge is -2.30. The lowest BCUT2D eigenvalue weighted by Crippen LogP contribution is -2.32. The van der Waals surface area contributed by atoms with Crippen molar-refractivity contribution >= 4 is 11.6 Å². The molecular formula is C22H21ClN4O. The van der Waals surface area contributed by atoms with Crippen LogP contribution in [0.4, 0.5) is 0 Å². The van der Waals surface area contributed by atoms with Gasteiger partial charge in [-0.1, -0.05) is 41.0 Å². The van der Waals surface area contributed by atoms with Gasteiger partial charge in [0.1, 0.15) is 0 Å². The van der Waals surface area contributed by atoms with E-state index in [2.05, 4.69) is 27.2 Å². The van der Waals surface area contributed by atoms with Crippen molar-refractivity contribution < 1.29 is 4.52 Å². The second-order valence-electron chi connectivity index (χ2n) is 7.21. The normalized spacial score (nSPS) is 15.4. The number of piperidine rings is 1. The molecule has 3 aromatic rings. The first kappa shape index (κ1) is 18.7. The molecule has 0 amide bonds. The van der Waals surface area contributed by atoms with Crippen LogP contribution < -0.4 is 0 Å². The summed E-state index contributed by atoms with van der Waals surface area (Å²) in [5.41, 5.74) is 3.01. The van der Waals surface area contributed by atoms with Crippen LogP contribution in [-0.2, 0) is 13.0 Å². The molecule has 142 valence electrons. The number of hydrogen-bond acceptors (Lipinski definition) is 5. The highest BCUT2D eigenvalue weighted by atomic mass is 35.5. The Morgan fingerprint density at radius 1 is 1.11 bits per heavy atom. The fourth-order valence-electron chi connectivity index (χ4n) is 3.63. The molecule has 1 fully saturated rings. The van der Waals surface area contributed by atoms with Crippen molar-refractivity contribution in [1.82, 2.24) is 15.0 Å². The van der Waals surface area contributed by atoms with Crippen molar-refractivity contribution in [3.05, 3.63) is 82.0 Å². The van der Waals surface area contributed by atoms with Crippen LogP contribution in [0, 0.1) is 11.3 Å². The highest BCUT2D eigenvalue weighted by molar-refractivity contribution is 6.30. The molecule has 0 atom stereocenters. The molecule has 1 aliphatic heterocycles. The summed E-state index contributed by atoms with van der Waals surface area (Å²) in [5.74, 6) is 1.77. The molecule has 1 aliphatic rings. The molecule has 0 aliphatic carbocycles. The van der Waals surface area contributed by atoms with Crippen LogP contribution in [0.3, 0.4) is 0 Å². The van der Waals surface area contributed by atoms with Crippen LogP contribution in [0.1, 0.15) is 47.2 Å². The average molecular weight is 393 g/mol. The quantitative estimate of drug-likeness (QED) is 0.636. The fraction of sp³-hybridized carbons (Fsp3) is 0.318. The van der Waals surface area contributed by atoms with Crippen molar-refractivity contribution in [3.8, 4) is 6.07 Å². The second-order valence-corrected chi connectivity index (χ2v) is 7.65. The maximum absolute atomic E-state index is 9.04. The van der Waals surface area contributed by atoms with E-state index in [0.29, 0.717) is 23.7 Å². The minimum absolute atomic E-state index is 0.313. The Hall–Kier alpha value is -2.68. The van der Waals surface area contributed by atoms with Gasteiger partial charge in [-0.2, -0.15) is 10.2 Å². The van der Waals surface area contributed by atoms with Gasteiger partial charge >= 0.3 is 0 Å². The SMILES string of the molecule is N#Cc1cccc(CN2CCC(c3nc(Cc4ccc(Cl)cc4)no3)CC2)c1. The summed E-state index contributed by atoms with van der Waals surface area (Å²) in [6.45, 7) is 2.83. The number of hydrogen-bond donors (Lipinski definition) is 0. The summed E-state index contributed by atoms with van der Waals surface area (Å²) < 4.78 is 5.54. The van der Waals surface area contributed by atoms with E-state index in [4.69, 9.17) is 21.4 Å². The molecule has 28 heavy (non-hydrogen) atoms. The molecule has 0 radical (unpaired) electrons. The molecular weight excluding hydrogens is 372 g/mol. The Bertz CT molecular complexity index is 969. The van der Waals surface area contributed by atoms with Crippen LogP contribution in [0.2, 0.25) is 5.02 Å². The Balaban J connectivity index is 1.32. The summed E-state index contributed by atoms with van der Waals surface area (Å²) in [4.78, 5) is 7.03. The Kier molecular flexibility index (Phi) is 5.70. The molecule has 1 aromatic heterocycles. The maximum Gasteiger partial charge on any atom is 0.229 e. The van der Waals surface area contributed by atoms with E-state index in [1.54, 1.807) is 0 Å². The summed E-state index contributed by atoms with van der Waals surface area (Å²) in [6.07, 6.45) is 2.65. The lowest BCUT2D eigenvalue weighted by molar-refractivity contribution is 0.187. The van der Waals surface area contributed by atoms with Crippen LogP contribution in [0.5, 0.6) is 0 Å². The van der Waals surface area contributed by atoms with E-state index in [1.807, 2.05) is 42.5 Å². The zero-order valence-electron chi connectivity index (χ0n) is 15.5. The standard InChI is InChI=1S/C22H21ClN4O/c23-20-6-4-16(5-7-20)13-21-25-22(28-26-21)19-8-10-27(11-9-19)15-18-3-1-2-17(12-18)14-24/h1-7,12,19H,8-11,13,15H2. The highest BCUT2D eigenvalue weighted by Gasteiger charge is 2.25. The monoisotopic (exact) mass is 392 g/mol. The molecule has 6 heteroatoms. The third-order valence-electron chi connectivity index (χ3n) is 5.16. The van der Waals surface area contributed by atoms with Crippen molar-refractivity contribution in [2.75, 3.05) is 13.1 Å². The molecule has 5 nitrogen and oxygen atoms in total. The fourth-order valence-corrected chi connectivity index (χ4v) is 3.75. The molecule has 0 saturated carbocycles. The molecule has 0 spiro atoms. The molecule has 2 aromatic carbocycles. The van der Waals surface area contributed by atoms with E-state index in [0.717, 1.165) is 49.0 Å². The third kappa shape index (κ3) is 4.59. The molecule has 0 bridgehead atoms. The van der Waals surface area contributed by atoms with Gasteiger partial charge in [-0.15, -0.1) is 0 Å². The molecule has 0 unspecified atom stereocenters. The van der Waals surface area contributed by atoms with Crippen LogP contribution in [0.15, 0.2) is 53.1 Å². The zero-order valence-corrected chi connectivity index (χ0v) is 16.3. The average Bonchev–Trinajstić information content (AvgIpc) is 3.19. The molecule has 2 heterocycles. The number of benzene rings is 2. The highest BCUT2D eigenvalue weighted by Crippen LogP contribution is 2.28. The van der Waals surface area contributed by atoms with E-state index in [9.17, 15) is 0 Å². The van der Waals surface area contributed by atoms with Crippen molar-refractivity contribution in [3.63, 3.8) is 0 Å².